The largest absolute Gasteiger partial charge is 0.353 e. The fourth-order valence-electron chi connectivity index (χ4n) is 2.67. The van der Waals surface area contributed by atoms with E-state index in [-0.39, 0.29) is 0 Å². The molecule has 0 heterocycles. The zero-order chi connectivity index (χ0) is 10.7. The summed E-state index contributed by atoms with van der Waals surface area (Å²) in [4.78, 5) is 11.6. The lowest BCUT2D eigenvalue weighted by Gasteiger charge is -2.28. The highest BCUT2D eigenvalue weighted by atomic mass is 16.2. The van der Waals surface area contributed by atoms with E-state index in [4.69, 9.17) is 0 Å². The first-order chi connectivity index (χ1) is 7.29. The molecule has 0 atom stereocenters. The van der Waals surface area contributed by atoms with Crippen LogP contribution >= 0.6 is 0 Å². The van der Waals surface area contributed by atoms with Crippen LogP contribution in [0.1, 0.15) is 58.3 Å². The van der Waals surface area contributed by atoms with Crippen LogP contribution in [0.25, 0.3) is 0 Å². The molecule has 0 bridgehead atoms. The van der Waals surface area contributed by atoms with Crippen molar-refractivity contribution >= 4 is 5.91 Å². The predicted octanol–water partition coefficient (Wildman–Crippen LogP) is 2.87. The van der Waals surface area contributed by atoms with E-state index in [9.17, 15) is 4.79 Å². The normalized spacial score (nSPS) is 31.3. The zero-order valence-electron chi connectivity index (χ0n) is 9.80. The van der Waals surface area contributed by atoms with E-state index in [2.05, 4.69) is 12.2 Å². The van der Waals surface area contributed by atoms with Crippen molar-refractivity contribution < 1.29 is 4.79 Å². The van der Waals surface area contributed by atoms with Crippen molar-refractivity contribution in [2.24, 2.45) is 11.8 Å². The van der Waals surface area contributed by atoms with Crippen LogP contribution in [0.5, 0.6) is 0 Å². The van der Waals surface area contributed by atoms with Gasteiger partial charge < -0.3 is 5.32 Å². The Bertz CT molecular complexity index is 215. The second kappa shape index (κ2) is 5.00. The van der Waals surface area contributed by atoms with E-state index in [0.717, 1.165) is 18.8 Å². The Hall–Kier alpha value is -0.530. The Morgan fingerprint density at radius 1 is 1.13 bits per heavy atom. The third-order valence-corrected chi connectivity index (χ3v) is 3.84. The summed E-state index contributed by atoms with van der Waals surface area (Å²) >= 11 is 0. The van der Waals surface area contributed by atoms with Gasteiger partial charge in [-0.25, -0.2) is 0 Å². The van der Waals surface area contributed by atoms with E-state index >= 15 is 0 Å². The van der Waals surface area contributed by atoms with Gasteiger partial charge >= 0.3 is 0 Å². The zero-order valence-corrected chi connectivity index (χ0v) is 9.80. The summed E-state index contributed by atoms with van der Waals surface area (Å²) in [5.74, 6) is 1.64. The van der Waals surface area contributed by atoms with Gasteiger partial charge in [0.2, 0.25) is 5.91 Å². The SMILES string of the molecule is CCCC1CCC(NC(=O)C2CC2)CC1. The van der Waals surface area contributed by atoms with Crippen molar-refractivity contribution in [1.82, 2.24) is 5.32 Å². The monoisotopic (exact) mass is 209 g/mol. The smallest absolute Gasteiger partial charge is 0.223 e. The Kier molecular flexibility index (Phi) is 3.66. The van der Waals surface area contributed by atoms with Crippen LogP contribution in [-0.4, -0.2) is 11.9 Å². The molecule has 0 aliphatic heterocycles. The molecule has 1 N–H and O–H groups in total. The molecule has 0 spiro atoms. The van der Waals surface area contributed by atoms with Crippen molar-refractivity contribution in [2.45, 2.75) is 64.3 Å². The minimum atomic E-state index is 0.328. The number of amides is 1. The van der Waals surface area contributed by atoms with Gasteiger partial charge in [-0.05, 0) is 44.4 Å². The molecule has 2 heteroatoms. The molecular formula is C13H23NO. The Labute approximate surface area is 92.8 Å². The molecule has 2 rings (SSSR count). The Morgan fingerprint density at radius 2 is 1.80 bits per heavy atom. The van der Waals surface area contributed by atoms with Crippen molar-refractivity contribution in [1.29, 1.82) is 0 Å². The molecule has 0 unspecified atom stereocenters. The van der Waals surface area contributed by atoms with Crippen LogP contribution in [0.3, 0.4) is 0 Å². The van der Waals surface area contributed by atoms with Crippen molar-refractivity contribution in [3.63, 3.8) is 0 Å². The third-order valence-electron chi connectivity index (χ3n) is 3.84. The lowest BCUT2D eigenvalue weighted by molar-refractivity contribution is -0.123. The quantitative estimate of drug-likeness (QED) is 0.758. The number of hydrogen-bond donors (Lipinski definition) is 1. The molecule has 2 nitrogen and oxygen atoms in total. The van der Waals surface area contributed by atoms with Crippen molar-refractivity contribution in [3.8, 4) is 0 Å². The van der Waals surface area contributed by atoms with Gasteiger partial charge in [-0.1, -0.05) is 19.8 Å². The van der Waals surface area contributed by atoms with E-state index in [1.165, 1.54) is 38.5 Å². The summed E-state index contributed by atoms with van der Waals surface area (Å²) in [5, 5.41) is 3.20. The highest BCUT2D eigenvalue weighted by molar-refractivity contribution is 5.81. The molecule has 1 amide bonds. The van der Waals surface area contributed by atoms with Gasteiger partial charge in [-0.3, -0.25) is 4.79 Å². The van der Waals surface area contributed by atoms with Gasteiger partial charge in [0.25, 0.3) is 0 Å². The maximum Gasteiger partial charge on any atom is 0.223 e. The fraction of sp³-hybridized carbons (Fsp3) is 0.923. The van der Waals surface area contributed by atoms with Crippen LogP contribution in [0.2, 0.25) is 0 Å². The third kappa shape index (κ3) is 3.22. The van der Waals surface area contributed by atoms with Gasteiger partial charge in [0.1, 0.15) is 0 Å². The van der Waals surface area contributed by atoms with E-state index < -0.39 is 0 Å². The average molecular weight is 209 g/mol. The Morgan fingerprint density at radius 3 is 2.33 bits per heavy atom. The summed E-state index contributed by atoms with van der Waals surface area (Å²) in [6, 6.07) is 0.492. The molecule has 2 fully saturated rings. The minimum Gasteiger partial charge on any atom is -0.353 e. The van der Waals surface area contributed by atoms with Gasteiger partial charge in [-0.2, -0.15) is 0 Å². The molecule has 0 aromatic rings. The molecule has 0 aromatic carbocycles. The molecule has 2 saturated carbocycles. The number of rotatable bonds is 4. The van der Waals surface area contributed by atoms with Gasteiger partial charge in [-0.15, -0.1) is 0 Å². The summed E-state index contributed by atoms with van der Waals surface area (Å²) in [5.41, 5.74) is 0. The average Bonchev–Trinajstić information content (AvgIpc) is 3.04. The number of hydrogen-bond acceptors (Lipinski definition) is 1. The van der Waals surface area contributed by atoms with E-state index in [1.807, 2.05) is 0 Å². The highest BCUT2D eigenvalue weighted by Gasteiger charge is 2.31. The standard InChI is InChI=1S/C13H23NO/c1-2-3-10-4-8-12(9-5-10)14-13(15)11-6-7-11/h10-12H,2-9H2,1H3,(H,14,15). The first kappa shape index (κ1) is 11.0. The van der Waals surface area contributed by atoms with Crippen molar-refractivity contribution in [2.75, 3.05) is 0 Å². The summed E-state index contributed by atoms with van der Waals surface area (Å²) < 4.78 is 0. The van der Waals surface area contributed by atoms with Gasteiger partial charge in [0.15, 0.2) is 0 Å². The number of nitrogens with one attached hydrogen (secondary N) is 1. The number of carbonyl (C=O) groups excluding carboxylic acids is 1. The second-order valence-electron chi connectivity index (χ2n) is 5.29. The maximum absolute atomic E-state index is 11.6. The summed E-state index contributed by atoms with van der Waals surface area (Å²) in [7, 11) is 0. The van der Waals surface area contributed by atoms with Crippen LogP contribution < -0.4 is 5.32 Å². The molecule has 0 saturated heterocycles. The Balaban J connectivity index is 1.66. The number of carbonyl (C=O) groups is 1. The molecule has 15 heavy (non-hydrogen) atoms. The molecular weight excluding hydrogens is 186 g/mol. The first-order valence-electron chi connectivity index (χ1n) is 6.60. The second-order valence-corrected chi connectivity index (χ2v) is 5.29. The van der Waals surface area contributed by atoms with Gasteiger partial charge in [0.05, 0.1) is 0 Å². The van der Waals surface area contributed by atoms with Crippen LogP contribution in [0, 0.1) is 11.8 Å². The highest BCUT2D eigenvalue weighted by Crippen LogP contribution is 2.31. The lowest BCUT2D eigenvalue weighted by atomic mass is 9.83. The summed E-state index contributed by atoms with van der Waals surface area (Å²) in [6.07, 6.45) is 10.0. The van der Waals surface area contributed by atoms with E-state index in [0.29, 0.717) is 17.9 Å². The molecule has 2 aliphatic carbocycles. The minimum absolute atomic E-state index is 0.328. The van der Waals surface area contributed by atoms with E-state index in [1.54, 1.807) is 0 Å². The predicted molar refractivity (Wildman–Crippen MR) is 61.5 cm³/mol. The van der Waals surface area contributed by atoms with Crippen LogP contribution in [0.4, 0.5) is 0 Å². The fourth-order valence-corrected chi connectivity index (χ4v) is 2.67. The molecule has 0 aromatic heterocycles. The molecule has 0 radical (unpaired) electrons. The molecule has 2 aliphatic rings. The summed E-state index contributed by atoms with van der Waals surface area (Å²) in [6.45, 7) is 2.26. The van der Waals surface area contributed by atoms with Gasteiger partial charge in [0, 0.05) is 12.0 Å². The van der Waals surface area contributed by atoms with Crippen LogP contribution in [-0.2, 0) is 4.79 Å². The molecule has 86 valence electrons. The van der Waals surface area contributed by atoms with Crippen molar-refractivity contribution in [3.05, 3.63) is 0 Å². The van der Waals surface area contributed by atoms with Crippen LogP contribution in [0.15, 0.2) is 0 Å². The lowest BCUT2D eigenvalue weighted by Crippen LogP contribution is -2.38. The maximum atomic E-state index is 11.6. The topological polar surface area (TPSA) is 29.1 Å². The first-order valence-corrected chi connectivity index (χ1v) is 6.60.